The number of anilines is 1. The molecule has 5 aromatic heterocycles. The number of imidazole rings is 1. The Labute approximate surface area is 215 Å². The van der Waals surface area contributed by atoms with Crippen LogP contribution in [0.5, 0.6) is 0 Å². The Morgan fingerprint density at radius 2 is 2.00 bits per heavy atom. The Morgan fingerprint density at radius 3 is 2.81 bits per heavy atom. The normalized spacial score (nSPS) is 11.6. The zero-order valence-electron chi connectivity index (χ0n) is 20.0. The second-order valence-corrected chi connectivity index (χ2v) is 10.1. The number of fused-ring (bicyclic) bond motifs is 2. The number of rotatable bonds is 6. The summed E-state index contributed by atoms with van der Waals surface area (Å²) in [7, 11) is 0. The van der Waals surface area contributed by atoms with Gasteiger partial charge in [0.15, 0.2) is 11.6 Å². The number of aromatic amines is 2. The lowest BCUT2D eigenvalue weighted by Gasteiger charge is -2.09. The van der Waals surface area contributed by atoms with Crippen molar-refractivity contribution < 1.29 is 9.18 Å². The fourth-order valence-corrected chi connectivity index (χ4v) is 5.10. The highest BCUT2D eigenvalue weighted by Crippen LogP contribution is 2.35. The summed E-state index contributed by atoms with van der Waals surface area (Å²) in [4.78, 5) is 29.9. The maximum absolute atomic E-state index is 16.0. The summed E-state index contributed by atoms with van der Waals surface area (Å²) in [5, 5.41) is 12.3. The van der Waals surface area contributed by atoms with Crippen LogP contribution in [0.3, 0.4) is 0 Å². The molecule has 184 valence electrons. The highest BCUT2D eigenvalue weighted by molar-refractivity contribution is 7.13. The molecule has 0 unspecified atom stereocenters. The van der Waals surface area contributed by atoms with Crippen LogP contribution in [0.15, 0.2) is 60.4 Å². The van der Waals surface area contributed by atoms with Crippen LogP contribution in [0.25, 0.3) is 55.2 Å². The van der Waals surface area contributed by atoms with Gasteiger partial charge in [-0.2, -0.15) is 5.10 Å². The quantitative estimate of drug-likeness (QED) is 0.239. The molecule has 0 aliphatic heterocycles. The minimum absolute atomic E-state index is 0.109. The van der Waals surface area contributed by atoms with Crippen molar-refractivity contribution in [2.24, 2.45) is 5.92 Å². The summed E-state index contributed by atoms with van der Waals surface area (Å²) in [6.45, 7) is 3.94. The predicted octanol–water partition coefficient (Wildman–Crippen LogP) is 6.42. The van der Waals surface area contributed by atoms with Crippen LogP contribution in [-0.4, -0.2) is 36.0 Å². The molecule has 10 heteroatoms. The van der Waals surface area contributed by atoms with Gasteiger partial charge in [0.2, 0.25) is 5.91 Å². The second kappa shape index (κ2) is 9.21. The minimum atomic E-state index is -0.548. The molecule has 6 aromatic rings. The monoisotopic (exact) mass is 511 g/mol. The van der Waals surface area contributed by atoms with Gasteiger partial charge in [-0.1, -0.05) is 32.0 Å². The van der Waals surface area contributed by atoms with E-state index >= 15 is 4.39 Å². The van der Waals surface area contributed by atoms with E-state index in [9.17, 15) is 4.79 Å². The van der Waals surface area contributed by atoms with Crippen LogP contribution in [0.2, 0.25) is 0 Å². The Hall–Kier alpha value is -4.44. The Morgan fingerprint density at radius 1 is 1.11 bits per heavy atom. The minimum Gasteiger partial charge on any atom is -0.337 e. The fraction of sp³-hybridized carbons (Fsp3) is 0.148. The Bertz CT molecular complexity index is 1750. The van der Waals surface area contributed by atoms with E-state index in [0.29, 0.717) is 34.7 Å². The van der Waals surface area contributed by atoms with Crippen molar-refractivity contribution in [3.63, 3.8) is 0 Å². The number of H-pyrrole nitrogens is 2. The maximum atomic E-state index is 16.0. The molecule has 1 aromatic carbocycles. The van der Waals surface area contributed by atoms with E-state index in [2.05, 4.69) is 30.5 Å². The van der Waals surface area contributed by atoms with E-state index in [4.69, 9.17) is 4.98 Å². The van der Waals surface area contributed by atoms with Gasteiger partial charge in [0.05, 0.1) is 40.0 Å². The number of hydrogen-bond acceptors (Lipinski definition) is 6. The number of carbonyl (C=O) groups is 1. The molecule has 0 atom stereocenters. The lowest BCUT2D eigenvalue weighted by atomic mass is 10.1. The molecule has 5 heterocycles. The molecule has 0 aliphatic rings. The van der Waals surface area contributed by atoms with Gasteiger partial charge < -0.3 is 10.3 Å². The molecule has 0 saturated carbocycles. The first-order valence-corrected chi connectivity index (χ1v) is 12.7. The Kier molecular flexibility index (Phi) is 5.72. The molecule has 3 N–H and O–H groups in total. The average Bonchev–Trinajstić information content (AvgIpc) is 3.62. The first-order chi connectivity index (χ1) is 18.0. The molecule has 0 fully saturated rings. The molecular formula is C27H22FN7OS. The van der Waals surface area contributed by atoms with Crippen LogP contribution in [0.1, 0.15) is 20.3 Å². The maximum Gasteiger partial charge on any atom is 0.224 e. The second-order valence-electron chi connectivity index (χ2n) is 9.15. The van der Waals surface area contributed by atoms with Crippen molar-refractivity contribution in [3.05, 3.63) is 66.2 Å². The van der Waals surface area contributed by atoms with Gasteiger partial charge in [-0.3, -0.25) is 19.9 Å². The smallest absolute Gasteiger partial charge is 0.224 e. The van der Waals surface area contributed by atoms with Crippen molar-refractivity contribution in [3.8, 4) is 33.2 Å². The topological polar surface area (TPSA) is 112 Å². The van der Waals surface area contributed by atoms with Crippen LogP contribution in [0.4, 0.5) is 10.1 Å². The summed E-state index contributed by atoms with van der Waals surface area (Å²) in [5.74, 6) is 0.000317. The van der Waals surface area contributed by atoms with Gasteiger partial charge in [-0.15, -0.1) is 11.3 Å². The molecule has 0 spiro atoms. The lowest BCUT2D eigenvalue weighted by molar-refractivity contribution is -0.116. The number of benzene rings is 1. The number of para-hydroxylation sites is 1. The lowest BCUT2D eigenvalue weighted by Crippen LogP contribution is -2.14. The van der Waals surface area contributed by atoms with Gasteiger partial charge in [-0.25, -0.2) is 9.37 Å². The van der Waals surface area contributed by atoms with Crippen molar-refractivity contribution in [1.82, 2.24) is 30.1 Å². The third kappa shape index (κ3) is 4.25. The molecule has 0 saturated heterocycles. The fourth-order valence-electron chi connectivity index (χ4n) is 4.34. The molecule has 1 amide bonds. The highest BCUT2D eigenvalue weighted by Gasteiger charge is 2.21. The van der Waals surface area contributed by atoms with Gasteiger partial charge in [0.25, 0.3) is 0 Å². The van der Waals surface area contributed by atoms with E-state index in [1.165, 1.54) is 18.6 Å². The largest absolute Gasteiger partial charge is 0.337 e. The third-order valence-electron chi connectivity index (χ3n) is 5.96. The number of nitrogens with zero attached hydrogens (tertiary/aromatic N) is 4. The van der Waals surface area contributed by atoms with Crippen LogP contribution < -0.4 is 5.32 Å². The number of halogens is 1. The van der Waals surface area contributed by atoms with E-state index < -0.39 is 5.82 Å². The standard InChI is InChI=1S/C27H22FN7OS/c1-14(2)9-21(36)31-16-10-15(11-29-12-16)24-23(28)22-19(13-30-24)34-35-26(22)27-32-18-6-3-5-17(25(18)33-27)20-7-4-8-37-20/h3-8,10-14H,9H2,1-2H3,(H,31,36)(H,32,33)(H,34,35). The molecule has 0 aliphatic carbocycles. The summed E-state index contributed by atoms with van der Waals surface area (Å²) in [6.07, 6.45) is 4.96. The molecule has 37 heavy (non-hydrogen) atoms. The average molecular weight is 512 g/mol. The molecule has 0 bridgehead atoms. The zero-order chi connectivity index (χ0) is 25.5. The van der Waals surface area contributed by atoms with Crippen molar-refractivity contribution in [2.75, 3.05) is 5.32 Å². The zero-order valence-corrected chi connectivity index (χ0v) is 20.9. The summed E-state index contributed by atoms with van der Waals surface area (Å²) in [6, 6.07) is 11.6. The van der Waals surface area contributed by atoms with E-state index in [1.54, 1.807) is 17.4 Å². The van der Waals surface area contributed by atoms with Crippen LogP contribution in [0, 0.1) is 11.7 Å². The SMILES string of the molecule is CC(C)CC(=O)Nc1cncc(-c2ncc3[nH]nc(-c4nc5c(-c6cccs6)cccc5[nH]4)c3c2F)c1. The number of aromatic nitrogens is 6. The van der Waals surface area contributed by atoms with Crippen LogP contribution in [-0.2, 0) is 4.79 Å². The first kappa shape index (κ1) is 23.0. The number of thiophene rings is 1. The predicted molar refractivity (Wildman–Crippen MR) is 144 cm³/mol. The van der Waals surface area contributed by atoms with Crippen molar-refractivity contribution >= 4 is 44.9 Å². The van der Waals surface area contributed by atoms with E-state index in [0.717, 1.165) is 21.5 Å². The number of pyridine rings is 2. The number of hydrogen-bond donors (Lipinski definition) is 3. The van der Waals surface area contributed by atoms with Gasteiger partial charge in [0.1, 0.15) is 11.4 Å². The highest BCUT2D eigenvalue weighted by atomic mass is 32.1. The van der Waals surface area contributed by atoms with E-state index in [1.807, 2.05) is 49.6 Å². The third-order valence-corrected chi connectivity index (χ3v) is 6.86. The van der Waals surface area contributed by atoms with Crippen LogP contribution >= 0.6 is 11.3 Å². The summed E-state index contributed by atoms with van der Waals surface area (Å²) < 4.78 is 16.0. The molecule has 8 nitrogen and oxygen atoms in total. The van der Waals surface area contributed by atoms with E-state index in [-0.39, 0.29) is 22.9 Å². The van der Waals surface area contributed by atoms with Crippen molar-refractivity contribution in [1.29, 1.82) is 0 Å². The van der Waals surface area contributed by atoms with Gasteiger partial charge in [0, 0.05) is 28.6 Å². The van der Waals surface area contributed by atoms with Crippen molar-refractivity contribution in [2.45, 2.75) is 20.3 Å². The summed E-state index contributed by atoms with van der Waals surface area (Å²) >= 11 is 1.63. The first-order valence-electron chi connectivity index (χ1n) is 11.8. The molecule has 6 rings (SSSR count). The molecular weight excluding hydrogens is 489 g/mol. The number of amides is 1. The Balaban J connectivity index is 1.42. The number of nitrogens with one attached hydrogen (secondary N) is 3. The van der Waals surface area contributed by atoms with Gasteiger partial charge >= 0.3 is 0 Å². The number of carbonyl (C=O) groups excluding carboxylic acids is 1. The molecule has 0 radical (unpaired) electrons. The van der Waals surface area contributed by atoms with Gasteiger partial charge in [-0.05, 0) is 29.5 Å². The summed E-state index contributed by atoms with van der Waals surface area (Å²) in [5.41, 5.74) is 4.47.